The number of sulfonamides is 1. The van der Waals surface area contributed by atoms with Crippen LogP contribution in [0.15, 0.2) is 47.4 Å². The van der Waals surface area contributed by atoms with Crippen LogP contribution in [0.2, 0.25) is 0 Å². The molecule has 30 heavy (non-hydrogen) atoms. The Bertz CT molecular complexity index is 1220. The average molecular weight is 453 g/mol. The maximum atomic E-state index is 14.5. The van der Waals surface area contributed by atoms with Gasteiger partial charge in [-0.2, -0.15) is 18.3 Å². The topological polar surface area (TPSA) is 78.0 Å². The minimum Gasteiger partial charge on any atom is -0.233 e. The number of benzene rings is 2. The average Bonchev–Trinajstić information content (AvgIpc) is 3.07. The van der Waals surface area contributed by atoms with Gasteiger partial charge in [0.15, 0.2) is 0 Å². The number of alkyl halides is 5. The van der Waals surface area contributed by atoms with Gasteiger partial charge in [0, 0.05) is 5.56 Å². The molecule has 0 bridgehead atoms. The van der Waals surface area contributed by atoms with Crippen molar-refractivity contribution in [3.63, 3.8) is 0 Å². The SMILES string of the molecule is NS(=O)(=O)c1cc(F)c(-c2cc(C(F)F)nn2-c2cccc(C(F)(F)F)c2)cc1F. The van der Waals surface area contributed by atoms with Crippen LogP contribution in [0.25, 0.3) is 16.9 Å². The molecule has 0 fully saturated rings. The highest BCUT2D eigenvalue weighted by atomic mass is 32.2. The zero-order chi connectivity index (χ0) is 22.4. The van der Waals surface area contributed by atoms with E-state index in [1.165, 1.54) is 0 Å². The molecule has 3 rings (SSSR count). The second-order valence-corrected chi connectivity index (χ2v) is 7.55. The predicted molar refractivity (Wildman–Crippen MR) is 90.2 cm³/mol. The molecule has 0 radical (unpaired) electrons. The van der Waals surface area contributed by atoms with E-state index in [-0.39, 0.29) is 11.8 Å². The van der Waals surface area contributed by atoms with Crippen LogP contribution in [0.4, 0.5) is 30.7 Å². The fourth-order valence-corrected chi connectivity index (χ4v) is 3.25. The van der Waals surface area contributed by atoms with Gasteiger partial charge in [0.05, 0.1) is 16.9 Å². The van der Waals surface area contributed by atoms with Gasteiger partial charge in [0.2, 0.25) is 10.0 Å². The molecule has 0 aliphatic carbocycles. The summed E-state index contributed by atoms with van der Waals surface area (Å²) < 4.78 is 117. The Morgan fingerprint density at radius 2 is 1.67 bits per heavy atom. The summed E-state index contributed by atoms with van der Waals surface area (Å²) in [5.41, 5.74) is -3.64. The van der Waals surface area contributed by atoms with E-state index >= 15 is 0 Å². The number of halogens is 7. The van der Waals surface area contributed by atoms with Crippen molar-refractivity contribution in [1.82, 2.24) is 9.78 Å². The van der Waals surface area contributed by atoms with Crippen LogP contribution in [0.1, 0.15) is 17.7 Å². The van der Waals surface area contributed by atoms with E-state index in [2.05, 4.69) is 5.10 Å². The lowest BCUT2D eigenvalue weighted by Crippen LogP contribution is -2.15. The van der Waals surface area contributed by atoms with Crippen molar-refractivity contribution < 1.29 is 39.2 Å². The smallest absolute Gasteiger partial charge is 0.233 e. The van der Waals surface area contributed by atoms with Gasteiger partial charge >= 0.3 is 6.18 Å². The monoisotopic (exact) mass is 453 g/mol. The highest BCUT2D eigenvalue weighted by molar-refractivity contribution is 7.89. The number of primary sulfonamides is 1. The van der Waals surface area contributed by atoms with E-state index < -0.39 is 61.7 Å². The van der Waals surface area contributed by atoms with E-state index in [1.807, 2.05) is 0 Å². The fraction of sp³-hybridized carbons (Fsp3) is 0.118. The molecule has 3 aromatic rings. The maximum absolute atomic E-state index is 14.5. The number of hydrogen-bond donors (Lipinski definition) is 1. The van der Waals surface area contributed by atoms with Crippen molar-refractivity contribution in [2.75, 3.05) is 0 Å². The lowest BCUT2D eigenvalue weighted by molar-refractivity contribution is -0.137. The van der Waals surface area contributed by atoms with E-state index in [9.17, 15) is 39.2 Å². The highest BCUT2D eigenvalue weighted by Crippen LogP contribution is 2.34. The normalized spacial score (nSPS) is 12.6. The molecule has 1 heterocycles. The first kappa shape index (κ1) is 21.8. The van der Waals surface area contributed by atoms with Crippen LogP contribution < -0.4 is 5.14 Å². The Labute approximate surface area is 164 Å². The third-order valence-electron chi connectivity index (χ3n) is 3.97. The standard InChI is InChI=1S/C17H10F7N3O2S/c18-11-6-15(30(25,28)29)12(19)5-10(11)14-7-13(16(20)21)26-27(14)9-3-1-2-8(4-9)17(22,23)24/h1-7,16H,(H2,25,28,29). The van der Waals surface area contributed by atoms with Crippen LogP contribution in [-0.2, 0) is 16.2 Å². The van der Waals surface area contributed by atoms with Gasteiger partial charge in [-0.25, -0.2) is 35.8 Å². The Kier molecular flexibility index (Phi) is 5.37. The predicted octanol–water partition coefficient (Wildman–Crippen LogP) is 4.42. The minimum absolute atomic E-state index is 0.242. The van der Waals surface area contributed by atoms with E-state index in [1.54, 1.807) is 0 Å². The Morgan fingerprint density at radius 3 is 2.23 bits per heavy atom. The third-order valence-corrected chi connectivity index (χ3v) is 4.90. The van der Waals surface area contributed by atoms with Gasteiger partial charge in [0.25, 0.3) is 6.43 Å². The Balaban J connectivity index is 2.27. The summed E-state index contributed by atoms with van der Waals surface area (Å²) in [6.45, 7) is 0. The number of aromatic nitrogens is 2. The molecule has 0 unspecified atom stereocenters. The van der Waals surface area contributed by atoms with Crippen molar-refractivity contribution in [2.45, 2.75) is 17.5 Å². The van der Waals surface area contributed by atoms with Crippen LogP contribution >= 0.6 is 0 Å². The molecule has 0 spiro atoms. The summed E-state index contributed by atoms with van der Waals surface area (Å²) in [6, 6.07) is 4.65. The van der Waals surface area contributed by atoms with Gasteiger partial charge < -0.3 is 0 Å². The molecule has 5 nitrogen and oxygen atoms in total. The zero-order valence-electron chi connectivity index (χ0n) is 14.5. The van der Waals surface area contributed by atoms with Crippen LogP contribution in [0.3, 0.4) is 0 Å². The Morgan fingerprint density at radius 1 is 1.00 bits per heavy atom. The third kappa shape index (κ3) is 4.16. The minimum atomic E-state index is -4.76. The van der Waals surface area contributed by atoms with E-state index in [0.717, 1.165) is 18.2 Å². The molecule has 0 saturated heterocycles. The molecule has 0 aliphatic heterocycles. The van der Waals surface area contributed by atoms with Crippen molar-refractivity contribution in [2.24, 2.45) is 5.14 Å². The lowest BCUT2D eigenvalue weighted by atomic mass is 10.1. The van der Waals surface area contributed by atoms with Gasteiger partial charge in [-0.05, 0) is 36.4 Å². The number of nitrogens with two attached hydrogens (primary N) is 1. The first-order valence-electron chi connectivity index (χ1n) is 7.87. The number of nitrogens with zero attached hydrogens (tertiary/aromatic N) is 2. The Hall–Kier alpha value is -2.93. The fourth-order valence-electron chi connectivity index (χ4n) is 2.65. The summed E-state index contributed by atoms with van der Waals surface area (Å²) in [5, 5.41) is 8.27. The van der Waals surface area contributed by atoms with E-state index in [4.69, 9.17) is 5.14 Å². The molecular formula is C17H10F7N3O2S. The summed E-state index contributed by atoms with van der Waals surface area (Å²) >= 11 is 0. The quantitative estimate of drug-likeness (QED) is 0.594. The van der Waals surface area contributed by atoms with Gasteiger partial charge in [-0.1, -0.05) is 6.07 Å². The molecule has 2 aromatic carbocycles. The zero-order valence-corrected chi connectivity index (χ0v) is 15.3. The molecular weight excluding hydrogens is 443 g/mol. The van der Waals surface area contributed by atoms with Gasteiger partial charge in [-0.15, -0.1) is 0 Å². The van der Waals surface area contributed by atoms with Crippen molar-refractivity contribution >= 4 is 10.0 Å². The van der Waals surface area contributed by atoms with Crippen molar-refractivity contribution in [3.05, 3.63) is 65.4 Å². The molecule has 0 saturated carbocycles. The second kappa shape index (κ2) is 7.40. The number of hydrogen-bond acceptors (Lipinski definition) is 3. The van der Waals surface area contributed by atoms with Crippen molar-refractivity contribution in [1.29, 1.82) is 0 Å². The molecule has 0 aliphatic rings. The molecule has 2 N–H and O–H groups in total. The van der Waals surface area contributed by atoms with E-state index in [0.29, 0.717) is 22.9 Å². The van der Waals surface area contributed by atoms with Crippen molar-refractivity contribution in [3.8, 4) is 16.9 Å². The summed E-state index contributed by atoms with van der Waals surface area (Å²) in [4.78, 5) is -1.18. The first-order chi connectivity index (χ1) is 13.8. The van der Waals surface area contributed by atoms with Crippen LogP contribution in [-0.4, -0.2) is 18.2 Å². The summed E-state index contributed by atoms with van der Waals surface area (Å²) in [6.07, 6.45) is -7.93. The number of rotatable bonds is 4. The highest BCUT2D eigenvalue weighted by Gasteiger charge is 2.31. The molecule has 13 heteroatoms. The van der Waals surface area contributed by atoms with Gasteiger partial charge in [-0.3, -0.25) is 0 Å². The summed E-state index contributed by atoms with van der Waals surface area (Å²) in [5.74, 6) is -2.85. The van der Waals surface area contributed by atoms with Crippen LogP contribution in [0.5, 0.6) is 0 Å². The van der Waals surface area contributed by atoms with Crippen LogP contribution in [0, 0.1) is 11.6 Å². The lowest BCUT2D eigenvalue weighted by Gasteiger charge is -2.12. The van der Waals surface area contributed by atoms with Gasteiger partial charge in [0.1, 0.15) is 22.2 Å². The molecule has 160 valence electrons. The molecule has 0 atom stereocenters. The largest absolute Gasteiger partial charge is 0.416 e. The maximum Gasteiger partial charge on any atom is 0.416 e. The second-order valence-electron chi connectivity index (χ2n) is 6.02. The summed E-state index contributed by atoms with van der Waals surface area (Å²) in [7, 11) is -4.63. The molecule has 0 amide bonds. The molecule has 1 aromatic heterocycles. The first-order valence-corrected chi connectivity index (χ1v) is 9.41.